The van der Waals surface area contributed by atoms with Crippen molar-refractivity contribution in [2.75, 3.05) is 0 Å². The van der Waals surface area contributed by atoms with E-state index in [4.69, 9.17) is 5.90 Å². The van der Waals surface area contributed by atoms with E-state index < -0.39 is 4.92 Å². The van der Waals surface area contributed by atoms with Crippen molar-refractivity contribution in [3.05, 3.63) is 32.5 Å². The monoisotopic (exact) mass is 247 g/mol. The van der Waals surface area contributed by atoms with Crippen LogP contribution >= 0.6 is 15.9 Å². The van der Waals surface area contributed by atoms with E-state index in [0.717, 1.165) is 0 Å². The Morgan fingerprint density at radius 3 is 3.00 bits per heavy atom. The number of nitrogens with zero attached hydrogens (tertiary/aromatic N) is 2. The molecule has 6 nitrogen and oxygen atoms in total. The van der Waals surface area contributed by atoms with Crippen LogP contribution in [0.15, 0.2) is 16.7 Å². The molecule has 0 fully saturated rings. The molecule has 0 saturated heterocycles. The van der Waals surface area contributed by atoms with Crippen LogP contribution in [0.3, 0.4) is 0 Å². The SMILES string of the molecule is NOCc1ncc(Br)cc1[N+](=O)[O-]. The summed E-state index contributed by atoms with van der Waals surface area (Å²) in [7, 11) is 0. The van der Waals surface area contributed by atoms with E-state index >= 15 is 0 Å². The molecule has 2 N–H and O–H groups in total. The molecule has 0 amide bonds. The van der Waals surface area contributed by atoms with Crippen LogP contribution in [-0.2, 0) is 11.4 Å². The van der Waals surface area contributed by atoms with Gasteiger partial charge in [-0.3, -0.25) is 19.9 Å². The number of pyridine rings is 1. The molecule has 0 bridgehead atoms. The Morgan fingerprint density at radius 2 is 2.46 bits per heavy atom. The molecule has 1 aromatic rings. The molecule has 0 aliphatic heterocycles. The fourth-order valence-electron chi connectivity index (χ4n) is 0.805. The average Bonchev–Trinajstić information content (AvgIpc) is 2.08. The highest BCUT2D eigenvalue weighted by Gasteiger charge is 2.15. The van der Waals surface area contributed by atoms with Gasteiger partial charge in [0.15, 0.2) is 0 Å². The fraction of sp³-hybridized carbons (Fsp3) is 0.167. The molecule has 1 aromatic heterocycles. The number of aromatic nitrogens is 1. The van der Waals surface area contributed by atoms with Crippen LogP contribution < -0.4 is 5.90 Å². The first-order valence-corrected chi connectivity index (χ1v) is 4.05. The lowest BCUT2D eigenvalue weighted by Crippen LogP contribution is -2.04. The third-order valence-electron chi connectivity index (χ3n) is 1.33. The van der Waals surface area contributed by atoms with Crippen molar-refractivity contribution in [3.8, 4) is 0 Å². The summed E-state index contributed by atoms with van der Waals surface area (Å²) in [5.74, 6) is 4.79. The van der Waals surface area contributed by atoms with Crippen molar-refractivity contribution in [1.82, 2.24) is 4.98 Å². The van der Waals surface area contributed by atoms with Gasteiger partial charge in [0.2, 0.25) is 0 Å². The minimum absolute atomic E-state index is 0.0798. The summed E-state index contributed by atoms with van der Waals surface area (Å²) in [6.07, 6.45) is 1.45. The number of halogens is 1. The molecule has 0 aliphatic carbocycles. The highest BCUT2D eigenvalue weighted by atomic mass is 79.9. The van der Waals surface area contributed by atoms with Crippen LogP contribution in [0.5, 0.6) is 0 Å². The second kappa shape index (κ2) is 4.26. The Kier molecular flexibility index (Phi) is 3.29. The first-order valence-electron chi connectivity index (χ1n) is 3.25. The summed E-state index contributed by atoms with van der Waals surface area (Å²) in [5.41, 5.74) is 0.0931. The third kappa shape index (κ3) is 2.44. The third-order valence-corrected chi connectivity index (χ3v) is 1.76. The lowest BCUT2D eigenvalue weighted by atomic mass is 10.3. The maximum absolute atomic E-state index is 10.5. The second-order valence-electron chi connectivity index (χ2n) is 2.19. The van der Waals surface area contributed by atoms with Gasteiger partial charge < -0.3 is 0 Å². The van der Waals surface area contributed by atoms with E-state index in [1.54, 1.807) is 0 Å². The zero-order chi connectivity index (χ0) is 9.84. The van der Waals surface area contributed by atoms with Crippen molar-refractivity contribution in [2.45, 2.75) is 6.61 Å². The van der Waals surface area contributed by atoms with Gasteiger partial charge in [-0.1, -0.05) is 0 Å². The van der Waals surface area contributed by atoms with Gasteiger partial charge in [0, 0.05) is 16.7 Å². The molecule has 0 saturated carbocycles. The summed E-state index contributed by atoms with van der Waals surface area (Å²) < 4.78 is 0.542. The minimum atomic E-state index is -0.536. The highest BCUT2D eigenvalue weighted by Crippen LogP contribution is 2.21. The van der Waals surface area contributed by atoms with E-state index in [2.05, 4.69) is 25.8 Å². The zero-order valence-electron chi connectivity index (χ0n) is 6.44. The molecule has 70 valence electrons. The maximum Gasteiger partial charge on any atom is 0.294 e. The van der Waals surface area contributed by atoms with Gasteiger partial charge in [-0.05, 0) is 15.9 Å². The van der Waals surface area contributed by atoms with Crippen molar-refractivity contribution in [1.29, 1.82) is 0 Å². The summed E-state index contributed by atoms with van der Waals surface area (Å²) in [4.78, 5) is 18.0. The number of nitrogens with two attached hydrogens (primary N) is 1. The molecule has 1 rings (SSSR count). The van der Waals surface area contributed by atoms with Crippen LogP contribution in [0.25, 0.3) is 0 Å². The first kappa shape index (κ1) is 10.0. The van der Waals surface area contributed by atoms with Gasteiger partial charge in [0.1, 0.15) is 12.3 Å². The highest BCUT2D eigenvalue weighted by molar-refractivity contribution is 9.10. The van der Waals surface area contributed by atoms with Gasteiger partial charge in [-0.15, -0.1) is 0 Å². The molecule has 0 atom stereocenters. The quantitative estimate of drug-likeness (QED) is 0.639. The van der Waals surface area contributed by atoms with Gasteiger partial charge in [-0.2, -0.15) is 0 Å². The van der Waals surface area contributed by atoms with Gasteiger partial charge in [0.25, 0.3) is 5.69 Å². The average molecular weight is 248 g/mol. The minimum Gasteiger partial charge on any atom is -0.298 e. The summed E-state index contributed by atoms with van der Waals surface area (Å²) in [6.45, 7) is -0.0798. The molecule has 0 aliphatic rings. The Morgan fingerprint density at radius 1 is 1.77 bits per heavy atom. The van der Waals surface area contributed by atoms with Crippen molar-refractivity contribution < 1.29 is 9.76 Å². The van der Waals surface area contributed by atoms with Crippen molar-refractivity contribution in [3.63, 3.8) is 0 Å². The Hall–Kier alpha value is -1.05. The molecule has 7 heteroatoms. The standard InChI is InChI=1S/C6H6BrN3O3/c7-4-1-6(10(11)12)5(3-13-8)9-2-4/h1-2H,3,8H2. The zero-order valence-corrected chi connectivity index (χ0v) is 8.02. The van der Waals surface area contributed by atoms with Crippen LogP contribution in [0.2, 0.25) is 0 Å². The predicted molar refractivity (Wildman–Crippen MR) is 47.6 cm³/mol. The van der Waals surface area contributed by atoms with E-state index in [0.29, 0.717) is 4.47 Å². The largest absolute Gasteiger partial charge is 0.298 e. The number of rotatable bonds is 3. The number of hydrogen-bond donors (Lipinski definition) is 1. The van der Waals surface area contributed by atoms with E-state index in [-0.39, 0.29) is 18.0 Å². The summed E-state index contributed by atoms with van der Waals surface area (Å²) >= 11 is 3.08. The molecule has 0 radical (unpaired) electrons. The Labute approximate surface area is 81.9 Å². The van der Waals surface area contributed by atoms with E-state index in [9.17, 15) is 10.1 Å². The predicted octanol–water partition coefficient (Wildman–Crippen LogP) is 1.14. The molecular formula is C6H6BrN3O3. The van der Waals surface area contributed by atoms with E-state index in [1.165, 1.54) is 12.3 Å². The smallest absolute Gasteiger partial charge is 0.294 e. The van der Waals surface area contributed by atoms with Crippen LogP contribution in [0.4, 0.5) is 5.69 Å². The summed E-state index contributed by atoms with van der Waals surface area (Å²) in [5, 5.41) is 10.5. The van der Waals surface area contributed by atoms with Crippen LogP contribution in [0.1, 0.15) is 5.69 Å². The number of nitro groups is 1. The van der Waals surface area contributed by atoms with Crippen molar-refractivity contribution in [2.24, 2.45) is 5.90 Å². The molecule has 0 spiro atoms. The summed E-state index contributed by atoms with van der Waals surface area (Å²) in [6, 6.07) is 1.35. The normalized spacial score (nSPS) is 10.0. The molecule has 0 aromatic carbocycles. The Bertz CT molecular complexity index is 331. The fourth-order valence-corrected chi connectivity index (χ4v) is 1.12. The maximum atomic E-state index is 10.5. The van der Waals surface area contributed by atoms with Gasteiger partial charge >= 0.3 is 0 Å². The Balaban J connectivity index is 3.10. The molecule has 0 unspecified atom stereocenters. The topological polar surface area (TPSA) is 91.3 Å². The lowest BCUT2D eigenvalue weighted by Gasteiger charge is -1.99. The first-order chi connectivity index (χ1) is 6.15. The van der Waals surface area contributed by atoms with Crippen LogP contribution in [-0.4, -0.2) is 9.91 Å². The van der Waals surface area contributed by atoms with Gasteiger partial charge in [-0.25, -0.2) is 5.90 Å². The van der Waals surface area contributed by atoms with E-state index in [1.807, 2.05) is 0 Å². The number of hydrogen-bond acceptors (Lipinski definition) is 5. The van der Waals surface area contributed by atoms with Crippen LogP contribution in [0, 0.1) is 10.1 Å². The molecular weight excluding hydrogens is 242 g/mol. The molecule has 13 heavy (non-hydrogen) atoms. The van der Waals surface area contributed by atoms with Crippen molar-refractivity contribution >= 4 is 21.6 Å². The molecule has 1 heterocycles. The lowest BCUT2D eigenvalue weighted by molar-refractivity contribution is -0.386. The van der Waals surface area contributed by atoms with Gasteiger partial charge in [0.05, 0.1) is 4.92 Å². The second-order valence-corrected chi connectivity index (χ2v) is 3.10.